The van der Waals surface area contributed by atoms with E-state index in [0.717, 1.165) is 16.3 Å². The second-order valence-electron chi connectivity index (χ2n) is 5.86. The number of amides is 2. The van der Waals surface area contributed by atoms with Crippen molar-refractivity contribution in [2.24, 2.45) is 0 Å². The number of benzene rings is 2. The first-order valence-corrected chi connectivity index (χ1v) is 9.10. The molecule has 2 amide bonds. The molecule has 6 nitrogen and oxygen atoms in total. The number of thioether (sulfide) groups is 1. The number of hydrogen-bond donors (Lipinski definition) is 1. The van der Waals surface area contributed by atoms with Crippen LogP contribution in [0.5, 0.6) is 0 Å². The molecule has 27 heavy (non-hydrogen) atoms. The molecule has 1 N–H and O–H groups in total. The van der Waals surface area contributed by atoms with E-state index in [2.05, 4.69) is 10.3 Å². The molecule has 0 bridgehead atoms. The molecule has 0 radical (unpaired) electrons. The number of hydrogen-bond acceptors (Lipinski definition) is 4. The van der Waals surface area contributed by atoms with Crippen molar-refractivity contribution >= 4 is 46.0 Å². The molecule has 138 valence electrons. The third-order valence-corrected chi connectivity index (χ3v) is 5.09. The first kappa shape index (κ1) is 17.5. The molecular weight excluding hydrogens is 374 g/mol. The van der Waals surface area contributed by atoms with Gasteiger partial charge in [0.1, 0.15) is 6.54 Å². The molecule has 0 aliphatic carbocycles. The number of nitrogens with zero attached hydrogens (tertiary/aromatic N) is 3. The third kappa shape index (κ3) is 3.25. The Morgan fingerprint density at radius 2 is 1.93 bits per heavy atom. The maximum atomic E-state index is 13.5. The summed E-state index contributed by atoms with van der Waals surface area (Å²) in [6, 6.07) is 13.5. The summed E-state index contributed by atoms with van der Waals surface area (Å²) in [6.45, 7) is -2.88. The van der Waals surface area contributed by atoms with Gasteiger partial charge in [-0.05, 0) is 24.3 Å². The number of aromatic nitrogens is 2. The average Bonchev–Trinajstić information content (AvgIpc) is 3.04. The Labute approximate surface area is 157 Å². The molecule has 1 aliphatic heterocycles. The van der Waals surface area contributed by atoms with Gasteiger partial charge in [-0.25, -0.2) is 4.98 Å². The van der Waals surface area contributed by atoms with E-state index in [4.69, 9.17) is 0 Å². The molecule has 2 aromatic carbocycles. The Balaban J connectivity index is 1.58. The Morgan fingerprint density at radius 3 is 2.74 bits per heavy atom. The summed E-state index contributed by atoms with van der Waals surface area (Å²) >= 11 is 0.928. The first-order valence-electron chi connectivity index (χ1n) is 8.12. The van der Waals surface area contributed by atoms with Gasteiger partial charge in [0, 0.05) is 0 Å². The van der Waals surface area contributed by atoms with Crippen molar-refractivity contribution in [1.82, 2.24) is 9.55 Å². The van der Waals surface area contributed by atoms with Gasteiger partial charge in [-0.2, -0.15) is 8.78 Å². The summed E-state index contributed by atoms with van der Waals surface area (Å²) < 4.78 is 27.8. The zero-order chi connectivity index (χ0) is 19.0. The zero-order valence-electron chi connectivity index (χ0n) is 13.9. The number of imidazole rings is 1. The van der Waals surface area contributed by atoms with Crippen molar-refractivity contribution in [3.05, 3.63) is 48.5 Å². The summed E-state index contributed by atoms with van der Waals surface area (Å²) in [6.07, 6.45) is 0. The summed E-state index contributed by atoms with van der Waals surface area (Å²) in [5.74, 6) is -0.764. The lowest BCUT2D eigenvalue weighted by molar-refractivity contribution is -0.120. The highest BCUT2D eigenvalue weighted by Crippen LogP contribution is 2.32. The molecule has 0 saturated carbocycles. The van der Waals surface area contributed by atoms with Crippen LogP contribution in [-0.2, 0) is 9.59 Å². The van der Waals surface area contributed by atoms with Crippen LogP contribution < -0.4 is 10.2 Å². The number of nitrogens with one attached hydrogen (secondary N) is 1. The van der Waals surface area contributed by atoms with Crippen molar-refractivity contribution in [2.75, 3.05) is 22.5 Å². The standard InChI is InChI=1S/C18H14F2N4O2S/c19-17(20)24-14-8-4-2-6-12(14)22-18(24)27-10-16(26)23-9-15(25)21-11-5-1-3-7-13(11)23/h1-8,17H,9-10H2,(H,21,25). The van der Waals surface area contributed by atoms with E-state index in [1.54, 1.807) is 48.5 Å². The lowest BCUT2D eigenvalue weighted by Gasteiger charge is -2.29. The van der Waals surface area contributed by atoms with E-state index in [1.807, 2.05) is 0 Å². The summed E-state index contributed by atoms with van der Waals surface area (Å²) in [5, 5.41) is 2.77. The van der Waals surface area contributed by atoms with Crippen molar-refractivity contribution in [1.29, 1.82) is 0 Å². The SMILES string of the molecule is O=C1CN(C(=O)CSc2nc3ccccc3n2C(F)F)c2ccccc2N1. The van der Waals surface area contributed by atoms with Gasteiger partial charge in [0.15, 0.2) is 5.16 Å². The van der Waals surface area contributed by atoms with E-state index < -0.39 is 6.55 Å². The monoisotopic (exact) mass is 388 g/mol. The van der Waals surface area contributed by atoms with Gasteiger partial charge in [0.25, 0.3) is 0 Å². The van der Waals surface area contributed by atoms with Gasteiger partial charge in [0.2, 0.25) is 11.8 Å². The third-order valence-electron chi connectivity index (χ3n) is 4.16. The van der Waals surface area contributed by atoms with E-state index >= 15 is 0 Å². The smallest absolute Gasteiger partial charge is 0.321 e. The number of anilines is 2. The Morgan fingerprint density at radius 1 is 1.19 bits per heavy atom. The van der Waals surface area contributed by atoms with Crippen LogP contribution in [0.15, 0.2) is 53.7 Å². The molecule has 2 heterocycles. The highest BCUT2D eigenvalue weighted by atomic mass is 32.2. The number of para-hydroxylation sites is 4. The quantitative estimate of drug-likeness (QED) is 0.695. The number of rotatable bonds is 4. The molecule has 1 aromatic heterocycles. The van der Waals surface area contributed by atoms with E-state index in [1.165, 1.54) is 4.90 Å². The van der Waals surface area contributed by atoms with Crippen molar-refractivity contribution in [3.8, 4) is 0 Å². The van der Waals surface area contributed by atoms with Crippen molar-refractivity contribution < 1.29 is 18.4 Å². The van der Waals surface area contributed by atoms with Gasteiger partial charge >= 0.3 is 6.55 Å². The van der Waals surface area contributed by atoms with Crippen molar-refractivity contribution in [2.45, 2.75) is 11.7 Å². The predicted molar refractivity (Wildman–Crippen MR) is 99.1 cm³/mol. The minimum atomic E-state index is -2.77. The summed E-state index contributed by atoms with van der Waals surface area (Å²) in [5.41, 5.74) is 1.89. The number of halogens is 2. The second-order valence-corrected chi connectivity index (χ2v) is 6.81. The number of carbonyl (C=O) groups is 2. The zero-order valence-corrected chi connectivity index (χ0v) is 14.7. The second kappa shape index (κ2) is 6.99. The molecule has 0 unspecified atom stereocenters. The minimum Gasteiger partial charge on any atom is -0.323 e. The molecule has 0 fully saturated rings. The van der Waals surface area contributed by atoms with Gasteiger partial charge < -0.3 is 10.2 Å². The molecular formula is C18H14F2N4O2S. The lowest BCUT2D eigenvalue weighted by atomic mass is 10.2. The normalized spacial score (nSPS) is 13.7. The van der Waals surface area contributed by atoms with Crippen LogP contribution in [0.1, 0.15) is 6.55 Å². The van der Waals surface area contributed by atoms with Crippen LogP contribution in [0.25, 0.3) is 11.0 Å². The van der Waals surface area contributed by atoms with E-state index in [9.17, 15) is 18.4 Å². The molecule has 0 spiro atoms. The average molecular weight is 388 g/mol. The first-order chi connectivity index (χ1) is 13.0. The van der Waals surface area contributed by atoms with Crippen molar-refractivity contribution in [3.63, 3.8) is 0 Å². The van der Waals surface area contributed by atoms with E-state index in [0.29, 0.717) is 22.4 Å². The molecule has 9 heteroatoms. The van der Waals surface area contributed by atoms with E-state index in [-0.39, 0.29) is 29.3 Å². The van der Waals surface area contributed by atoms with Crippen LogP contribution in [0, 0.1) is 0 Å². The fourth-order valence-corrected chi connectivity index (χ4v) is 3.86. The van der Waals surface area contributed by atoms with Gasteiger partial charge in [-0.1, -0.05) is 36.0 Å². The Hall–Kier alpha value is -2.94. The van der Waals surface area contributed by atoms with Gasteiger partial charge in [-0.3, -0.25) is 14.2 Å². The largest absolute Gasteiger partial charge is 0.323 e. The number of alkyl halides is 2. The lowest BCUT2D eigenvalue weighted by Crippen LogP contribution is -2.43. The highest BCUT2D eigenvalue weighted by Gasteiger charge is 2.27. The number of fused-ring (bicyclic) bond motifs is 2. The fraction of sp³-hybridized carbons (Fsp3) is 0.167. The summed E-state index contributed by atoms with van der Waals surface area (Å²) in [7, 11) is 0. The van der Waals surface area contributed by atoms with Crippen LogP contribution >= 0.6 is 11.8 Å². The molecule has 1 aliphatic rings. The maximum absolute atomic E-state index is 13.5. The van der Waals surface area contributed by atoms with Gasteiger partial charge in [0.05, 0.1) is 28.2 Å². The Bertz CT molecular complexity index is 1040. The van der Waals surface area contributed by atoms with Gasteiger partial charge in [-0.15, -0.1) is 0 Å². The van der Waals surface area contributed by atoms with Crippen LogP contribution in [-0.4, -0.2) is 33.7 Å². The molecule has 0 atom stereocenters. The fourth-order valence-electron chi connectivity index (χ4n) is 2.97. The molecule has 3 aromatic rings. The van der Waals surface area contributed by atoms with Crippen LogP contribution in [0.2, 0.25) is 0 Å². The predicted octanol–water partition coefficient (Wildman–Crippen LogP) is 3.51. The summed E-state index contributed by atoms with van der Waals surface area (Å²) in [4.78, 5) is 30.1. The number of carbonyl (C=O) groups excluding carboxylic acids is 2. The van der Waals surface area contributed by atoms with Crippen LogP contribution in [0.3, 0.4) is 0 Å². The topological polar surface area (TPSA) is 67.2 Å². The molecule has 0 saturated heterocycles. The highest BCUT2D eigenvalue weighted by molar-refractivity contribution is 7.99. The Kier molecular flexibility index (Phi) is 4.53. The van der Waals surface area contributed by atoms with Crippen LogP contribution in [0.4, 0.5) is 20.2 Å². The maximum Gasteiger partial charge on any atom is 0.321 e. The molecule has 4 rings (SSSR count). The minimum absolute atomic E-state index is 0.0642.